The largest absolute Gasteiger partial charge is 0.480 e. The van der Waals surface area contributed by atoms with E-state index < -0.39 is 5.97 Å². The maximum Gasteiger partial charge on any atom is 0.323 e. The molecule has 4 nitrogen and oxygen atoms in total. The molecule has 0 saturated carbocycles. The second kappa shape index (κ2) is 8.16. The number of carbonyl (C=O) groups is 1. The molecular formula is C22H22F2N2O2S. The number of nitrogens with zero attached hydrogens (tertiary/aromatic N) is 2. The van der Waals surface area contributed by atoms with Gasteiger partial charge in [0.25, 0.3) is 0 Å². The second-order valence-electron chi connectivity index (χ2n) is 7.39. The van der Waals surface area contributed by atoms with Crippen LogP contribution in [0.1, 0.15) is 30.0 Å². The molecule has 2 heterocycles. The number of carboxylic acid groups (broad SMARTS) is 1. The van der Waals surface area contributed by atoms with Crippen LogP contribution in [-0.4, -0.2) is 33.0 Å². The fourth-order valence-corrected chi connectivity index (χ4v) is 5.16. The van der Waals surface area contributed by atoms with E-state index in [2.05, 4.69) is 4.31 Å². The molecular weight excluding hydrogens is 394 g/mol. The van der Waals surface area contributed by atoms with E-state index in [1.165, 1.54) is 24.3 Å². The summed E-state index contributed by atoms with van der Waals surface area (Å²) in [4.78, 5) is 12.3. The van der Waals surface area contributed by atoms with Gasteiger partial charge in [-0.2, -0.15) is 0 Å². The van der Waals surface area contributed by atoms with Gasteiger partial charge in [-0.1, -0.05) is 0 Å². The zero-order valence-electron chi connectivity index (χ0n) is 16.1. The Morgan fingerprint density at radius 3 is 2.41 bits per heavy atom. The highest BCUT2D eigenvalue weighted by atomic mass is 32.2. The summed E-state index contributed by atoms with van der Waals surface area (Å²) in [7, 11) is 0. The second-order valence-corrected chi connectivity index (χ2v) is 8.56. The molecule has 1 aliphatic rings. The number of carboxylic acids is 1. The Labute approximate surface area is 172 Å². The van der Waals surface area contributed by atoms with Gasteiger partial charge < -0.3 is 9.67 Å². The molecule has 1 fully saturated rings. The zero-order chi connectivity index (χ0) is 20.5. The van der Waals surface area contributed by atoms with Crippen molar-refractivity contribution in [2.45, 2.75) is 37.1 Å². The summed E-state index contributed by atoms with van der Waals surface area (Å²) in [5.74, 6) is -1.21. The van der Waals surface area contributed by atoms with Crippen LogP contribution < -0.4 is 0 Å². The minimum Gasteiger partial charge on any atom is -0.480 e. The van der Waals surface area contributed by atoms with Gasteiger partial charge in [-0.25, -0.2) is 13.1 Å². The first kappa shape index (κ1) is 19.9. The van der Waals surface area contributed by atoms with E-state index in [0.29, 0.717) is 0 Å². The predicted octanol–water partition coefficient (Wildman–Crippen LogP) is 5.20. The molecule has 0 spiro atoms. The van der Waals surface area contributed by atoms with Gasteiger partial charge in [0.2, 0.25) is 0 Å². The van der Waals surface area contributed by atoms with Gasteiger partial charge >= 0.3 is 5.97 Å². The molecule has 0 unspecified atom stereocenters. The third-order valence-electron chi connectivity index (χ3n) is 5.54. The SMILES string of the molecule is Cc1c(C2CCN(Sc3ccc(F)cc3)CC2)c2cc(F)ccc2n1CC(=O)O. The summed E-state index contributed by atoms with van der Waals surface area (Å²) in [6.07, 6.45) is 1.80. The third-order valence-corrected chi connectivity index (χ3v) is 6.64. The van der Waals surface area contributed by atoms with Gasteiger partial charge in [-0.15, -0.1) is 0 Å². The summed E-state index contributed by atoms with van der Waals surface area (Å²) >= 11 is 1.62. The lowest BCUT2D eigenvalue weighted by Gasteiger charge is -2.31. The molecule has 2 aromatic carbocycles. The van der Waals surface area contributed by atoms with E-state index in [9.17, 15) is 18.7 Å². The fraction of sp³-hybridized carbons (Fsp3) is 0.318. The van der Waals surface area contributed by atoms with Gasteiger partial charge in [0, 0.05) is 34.6 Å². The minimum atomic E-state index is -0.911. The molecule has 0 bridgehead atoms. The Morgan fingerprint density at radius 2 is 1.76 bits per heavy atom. The molecule has 1 N–H and O–H groups in total. The van der Waals surface area contributed by atoms with E-state index in [1.54, 1.807) is 34.7 Å². The highest BCUT2D eigenvalue weighted by Crippen LogP contribution is 2.39. The van der Waals surface area contributed by atoms with Crippen molar-refractivity contribution in [2.75, 3.05) is 13.1 Å². The standard InChI is InChI=1S/C22H22F2N2O2S/c1-14-22(19-12-17(24)4-7-20(19)26(14)13-21(27)28)15-8-10-25(11-9-15)29-18-5-2-16(23)3-6-18/h2-7,12,15H,8-11,13H2,1H3,(H,27,28). The Hall–Kier alpha value is -2.38. The van der Waals surface area contributed by atoms with Crippen molar-refractivity contribution in [3.8, 4) is 0 Å². The van der Waals surface area contributed by atoms with E-state index in [4.69, 9.17) is 0 Å². The molecule has 0 aliphatic carbocycles. The zero-order valence-corrected chi connectivity index (χ0v) is 16.9. The van der Waals surface area contributed by atoms with E-state index >= 15 is 0 Å². The van der Waals surface area contributed by atoms with Crippen molar-refractivity contribution in [1.29, 1.82) is 0 Å². The Kier molecular flexibility index (Phi) is 5.61. The van der Waals surface area contributed by atoms with Gasteiger partial charge in [0.15, 0.2) is 0 Å². The maximum absolute atomic E-state index is 14.0. The molecule has 0 atom stereocenters. The molecule has 3 aromatic rings. The number of piperidine rings is 1. The smallest absolute Gasteiger partial charge is 0.323 e. The van der Waals surface area contributed by atoms with Gasteiger partial charge in [0.1, 0.15) is 18.2 Å². The minimum absolute atomic E-state index is 0.132. The van der Waals surface area contributed by atoms with Gasteiger partial charge in [0.05, 0.1) is 0 Å². The molecule has 1 aliphatic heterocycles. The first-order valence-electron chi connectivity index (χ1n) is 9.61. The lowest BCUT2D eigenvalue weighted by Crippen LogP contribution is -2.27. The molecule has 29 heavy (non-hydrogen) atoms. The van der Waals surface area contributed by atoms with Crippen molar-refractivity contribution >= 4 is 28.8 Å². The molecule has 7 heteroatoms. The fourth-order valence-electron chi connectivity index (χ4n) is 4.21. The van der Waals surface area contributed by atoms with E-state index in [1.807, 2.05) is 6.92 Å². The number of fused-ring (bicyclic) bond motifs is 1. The predicted molar refractivity (Wildman–Crippen MR) is 110 cm³/mol. The van der Waals surface area contributed by atoms with Crippen LogP contribution in [0.3, 0.4) is 0 Å². The van der Waals surface area contributed by atoms with Crippen molar-refractivity contribution in [1.82, 2.24) is 8.87 Å². The van der Waals surface area contributed by atoms with Gasteiger partial charge in [-0.3, -0.25) is 4.79 Å². The van der Waals surface area contributed by atoms with Crippen LogP contribution in [0.5, 0.6) is 0 Å². The highest BCUT2D eigenvalue weighted by molar-refractivity contribution is 7.97. The highest BCUT2D eigenvalue weighted by Gasteiger charge is 2.27. The molecule has 0 radical (unpaired) electrons. The number of benzene rings is 2. The van der Waals surface area contributed by atoms with Crippen LogP contribution in [0.15, 0.2) is 47.4 Å². The Morgan fingerprint density at radius 1 is 1.10 bits per heavy atom. The molecule has 1 saturated heterocycles. The summed E-state index contributed by atoms with van der Waals surface area (Å²) in [6, 6.07) is 11.1. The number of rotatable bonds is 5. The summed E-state index contributed by atoms with van der Waals surface area (Å²) in [6.45, 7) is 3.50. The van der Waals surface area contributed by atoms with Crippen LogP contribution in [0, 0.1) is 18.6 Å². The number of aliphatic carboxylic acids is 1. The average Bonchev–Trinajstić information content (AvgIpc) is 2.95. The summed E-state index contributed by atoms with van der Waals surface area (Å²) in [5.41, 5.74) is 2.73. The van der Waals surface area contributed by atoms with E-state index in [-0.39, 0.29) is 24.1 Å². The first-order chi connectivity index (χ1) is 13.9. The molecule has 1 aromatic heterocycles. The normalized spacial score (nSPS) is 15.8. The average molecular weight is 416 g/mol. The lowest BCUT2D eigenvalue weighted by molar-refractivity contribution is -0.137. The van der Waals surface area contributed by atoms with Crippen LogP contribution in [-0.2, 0) is 11.3 Å². The number of halogens is 2. The van der Waals surface area contributed by atoms with Crippen molar-refractivity contribution in [3.05, 3.63) is 65.4 Å². The Bertz CT molecular complexity index is 1040. The number of hydrogen-bond donors (Lipinski definition) is 1. The molecule has 4 rings (SSSR count). The maximum atomic E-state index is 14.0. The number of hydrogen-bond acceptors (Lipinski definition) is 3. The van der Waals surface area contributed by atoms with Gasteiger partial charge in [-0.05, 0) is 85.7 Å². The summed E-state index contributed by atoms with van der Waals surface area (Å²) < 4.78 is 31.1. The molecule has 152 valence electrons. The van der Waals surface area contributed by atoms with Crippen LogP contribution in [0.4, 0.5) is 8.78 Å². The third kappa shape index (κ3) is 4.16. The van der Waals surface area contributed by atoms with Crippen molar-refractivity contribution in [3.63, 3.8) is 0 Å². The first-order valence-corrected chi connectivity index (χ1v) is 10.4. The topological polar surface area (TPSA) is 45.5 Å². The van der Waals surface area contributed by atoms with E-state index in [0.717, 1.165) is 53.0 Å². The van der Waals surface area contributed by atoms with Crippen molar-refractivity contribution in [2.24, 2.45) is 0 Å². The van der Waals surface area contributed by atoms with Crippen LogP contribution >= 0.6 is 11.9 Å². The Balaban J connectivity index is 1.56. The number of aromatic nitrogens is 1. The van der Waals surface area contributed by atoms with Crippen LogP contribution in [0.2, 0.25) is 0 Å². The quantitative estimate of drug-likeness (QED) is 0.581. The summed E-state index contributed by atoms with van der Waals surface area (Å²) in [5, 5.41) is 10.1. The molecule has 0 amide bonds. The monoisotopic (exact) mass is 416 g/mol. The lowest BCUT2D eigenvalue weighted by atomic mass is 9.88. The van der Waals surface area contributed by atoms with Crippen molar-refractivity contribution < 1.29 is 18.7 Å². The van der Waals surface area contributed by atoms with Crippen LogP contribution in [0.25, 0.3) is 10.9 Å².